The van der Waals surface area contributed by atoms with Gasteiger partial charge in [-0.25, -0.2) is 0 Å². The Labute approximate surface area is 116 Å². The van der Waals surface area contributed by atoms with Crippen molar-refractivity contribution in [1.29, 1.82) is 0 Å². The summed E-state index contributed by atoms with van der Waals surface area (Å²) in [5.74, 6) is 0.00963. The monoisotopic (exact) mass is 300 g/mol. The lowest BCUT2D eigenvalue weighted by atomic mass is 10.1. The number of alkyl halides is 3. The van der Waals surface area contributed by atoms with Crippen molar-refractivity contribution in [3.63, 3.8) is 0 Å². The number of thiophene rings is 1. The second-order valence-corrected chi connectivity index (χ2v) is 4.87. The molecule has 0 fully saturated rings. The van der Waals surface area contributed by atoms with Crippen molar-refractivity contribution in [2.75, 3.05) is 0 Å². The van der Waals surface area contributed by atoms with Gasteiger partial charge in [0.2, 0.25) is 0 Å². The van der Waals surface area contributed by atoms with Crippen LogP contribution in [0.15, 0.2) is 29.9 Å². The fourth-order valence-corrected chi connectivity index (χ4v) is 2.53. The maximum absolute atomic E-state index is 13.0. The molecule has 0 spiro atoms. The van der Waals surface area contributed by atoms with E-state index in [1.165, 1.54) is 11.3 Å². The Hall–Kier alpha value is -2.22. The lowest BCUT2D eigenvalue weighted by Crippen LogP contribution is -2.33. The molecule has 0 aliphatic carbocycles. The van der Waals surface area contributed by atoms with Crippen LogP contribution in [-0.2, 0) is 6.18 Å². The molecular weight excluding hydrogens is 289 g/mol. The van der Waals surface area contributed by atoms with Crippen LogP contribution in [0.1, 0.15) is 11.1 Å². The molecular formula is C12H11F3N4S. The van der Waals surface area contributed by atoms with E-state index < -0.39 is 11.7 Å². The van der Waals surface area contributed by atoms with Gasteiger partial charge in [0, 0.05) is 28.9 Å². The van der Waals surface area contributed by atoms with E-state index in [9.17, 15) is 13.2 Å². The minimum atomic E-state index is -4.52. The summed E-state index contributed by atoms with van der Waals surface area (Å²) in [6, 6.07) is 2.45. The van der Waals surface area contributed by atoms with Crippen LogP contribution in [0.5, 0.6) is 0 Å². The van der Waals surface area contributed by atoms with Gasteiger partial charge in [-0.15, -0.1) is 11.3 Å². The van der Waals surface area contributed by atoms with Gasteiger partial charge < -0.3 is 17.2 Å². The van der Waals surface area contributed by atoms with Crippen molar-refractivity contribution in [1.82, 2.24) is 4.98 Å². The van der Waals surface area contributed by atoms with Gasteiger partial charge in [-0.1, -0.05) is 0 Å². The first-order valence-corrected chi connectivity index (χ1v) is 6.30. The lowest BCUT2D eigenvalue weighted by molar-refractivity contribution is -0.137. The van der Waals surface area contributed by atoms with Gasteiger partial charge in [0.1, 0.15) is 5.82 Å². The molecule has 20 heavy (non-hydrogen) atoms. The molecule has 4 nitrogen and oxygen atoms in total. The van der Waals surface area contributed by atoms with Crippen LogP contribution < -0.4 is 27.0 Å². The van der Waals surface area contributed by atoms with Crippen LogP contribution >= 0.6 is 11.3 Å². The summed E-state index contributed by atoms with van der Waals surface area (Å²) >= 11 is 1.20. The molecule has 0 aliphatic heterocycles. The highest BCUT2D eigenvalue weighted by Crippen LogP contribution is 2.32. The molecule has 0 radical (unpaired) electrons. The third-order valence-electron chi connectivity index (χ3n) is 2.63. The number of pyridine rings is 1. The highest BCUT2D eigenvalue weighted by molar-refractivity contribution is 7.07. The van der Waals surface area contributed by atoms with Crippen molar-refractivity contribution in [2.45, 2.75) is 6.18 Å². The number of aromatic nitrogens is 1. The first-order valence-electron chi connectivity index (χ1n) is 5.42. The zero-order valence-corrected chi connectivity index (χ0v) is 10.9. The molecule has 2 rings (SSSR count). The van der Waals surface area contributed by atoms with Crippen molar-refractivity contribution >= 4 is 22.9 Å². The Balaban J connectivity index is 2.82. The number of hydrogen-bond acceptors (Lipinski definition) is 5. The van der Waals surface area contributed by atoms with E-state index in [4.69, 9.17) is 17.2 Å². The molecule has 0 atom stereocenters. The molecule has 8 heteroatoms. The fraction of sp³-hybridized carbons (Fsp3) is 0.0833. The number of halogens is 3. The largest absolute Gasteiger partial charge is 0.417 e. The summed E-state index contributed by atoms with van der Waals surface area (Å²) in [4.78, 5) is 3.70. The first-order chi connectivity index (χ1) is 9.32. The van der Waals surface area contributed by atoms with E-state index in [-0.39, 0.29) is 17.1 Å². The van der Waals surface area contributed by atoms with Crippen LogP contribution in [0.4, 0.5) is 13.2 Å². The van der Waals surface area contributed by atoms with E-state index in [2.05, 4.69) is 4.98 Å². The molecule has 106 valence electrons. The van der Waals surface area contributed by atoms with Crippen LogP contribution in [0.3, 0.4) is 0 Å². The topological polar surface area (TPSA) is 91.0 Å². The van der Waals surface area contributed by atoms with Crippen LogP contribution in [0.2, 0.25) is 0 Å². The molecule has 0 unspecified atom stereocenters. The third kappa shape index (κ3) is 2.55. The van der Waals surface area contributed by atoms with Gasteiger partial charge in [-0.05, 0) is 17.5 Å². The highest BCUT2D eigenvalue weighted by Gasteiger charge is 2.33. The molecule has 2 aromatic rings. The average Bonchev–Trinajstić information content (AvgIpc) is 2.86. The molecule has 0 saturated heterocycles. The molecule has 0 aromatic carbocycles. The SMILES string of the molecule is NC(N)=c1scc/c1=C(/N)c1cnccc1C(F)(F)F. The van der Waals surface area contributed by atoms with Crippen molar-refractivity contribution in [3.8, 4) is 0 Å². The first kappa shape index (κ1) is 14.2. The summed E-state index contributed by atoms with van der Waals surface area (Å²) in [7, 11) is 0. The second-order valence-electron chi connectivity index (χ2n) is 3.95. The highest BCUT2D eigenvalue weighted by atomic mass is 32.1. The van der Waals surface area contributed by atoms with Gasteiger partial charge >= 0.3 is 6.18 Å². The predicted octanol–water partition coefficient (Wildman–Crippen LogP) is 0.260. The minimum Gasteiger partial charge on any atom is -0.398 e. The Morgan fingerprint density at radius 2 is 1.85 bits per heavy atom. The minimum absolute atomic E-state index is 0.00963. The number of rotatable bonds is 1. The Bertz CT molecular complexity index is 745. The van der Waals surface area contributed by atoms with Crippen molar-refractivity contribution in [2.24, 2.45) is 17.2 Å². The Morgan fingerprint density at radius 3 is 2.45 bits per heavy atom. The summed E-state index contributed by atoms with van der Waals surface area (Å²) in [5, 5.41) is 2.02. The lowest BCUT2D eigenvalue weighted by Gasteiger charge is -2.12. The summed E-state index contributed by atoms with van der Waals surface area (Å²) < 4.78 is 39.3. The fourth-order valence-electron chi connectivity index (χ4n) is 1.75. The summed E-state index contributed by atoms with van der Waals surface area (Å²) in [5.41, 5.74) is 15.7. The van der Waals surface area contributed by atoms with Gasteiger partial charge in [-0.2, -0.15) is 13.2 Å². The average molecular weight is 300 g/mol. The standard InChI is InChI=1S/C12H11F3N4S/c13-12(14,15)8-1-3-19-5-7(8)9(16)6-2-4-20-10(6)11(17)18/h1-5H,16-18H2/b9-6-. The quantitative estimate of drug-likeness (QED) is 0.704. The Morgan fingerprint density at radius 1 is 1.15 bits per heavy atom. The van der Waals surface area contributed by atoms with Gasteiger partial charge in [0.15, 0.2) is 0 Å². The van der Waals surface area contributed by atoms with E-state index in [1.807, 2.05) is 0 Å². The summed E-state index contributed by atoms with van der Waals surface area (Å²) in [6.45, 7) is 0. The van der Waals surface area contributed by atoms with E-state index in [0.717, 1.165) is 18.5 Å². The number of nitrogens with zero attached hydrogens (tertiary/aromatic N) is 1. The molecule has 2 aromatic heterocycles. The van der Waals surface area contributed by atoms with Crippen molar-refractivity contribution < 1.29 is 13.2 Å². The third-order valence-corrected chi connectivity index (χ3v) is 3.60. The molecule has 0 amide bonds. The maximum atomic E-state index is 13.0. The second kappa shape index (κ2) is 5.04. The van der Waals surface area contributed by atoms with E-state index in [1.54, 1.807) is 11.4 Å². The Kier molecular flexibility index (Phi) is 3.58. The zero-order valence-electron chi connectivity index (χ0n) is 10.1. The molecule has 0 saturated carbocycles. The van der Waals surface area contributed by atoms with Gasteiger partial charge in [0.05, 0.1) is 10.1 Å². The van der Waals surface area contributed by atoms with Gasteiger partial charge in [-0.3, -0.25) is 4.98 Å². The number of nitrogens with two attached hydrogens (primary N) is 3. The molecule has 2 heterocycles. The van der Waals surface area contributed by atoms with Crippen LogP contribution in [0, 0.1) is 0 Å². The molecule has 6 N–H and O–H groups in total. The van der Waals surface area contributed by atoms with Crippen LogP contribution in [0.25, 0.3) is 11.5 Å². The maximum Gasteiger partial charge on any atom is 0.417 e. The van der Waals surface area contributed by atoms with Crippen molar-refractivity contribution in [3.05, 3.63) is 50.8 Å². The van der Waals surface area contributed by atoms with E-state index in [0.29, 0.717) is 9.75 Å². The normalized spacial score (nSPS) is 13.2. The van der Waals surface area contributed by atoms with E-state index >= 15 is 0 Å². The smallest absolute Gasteiger partial charge is 0.398 e. The number of hydrogen-bond donors (Lipinski definition) is 3. The predicted molar refractivity (Wildman–Crippen MR) is 71.3 cm³/mol. The molecule has 0 bridgehead atoms. The van der Waals surface area contributed by atoms with Gasteiger partial charge in [0.25, 0.3) is 0 Å². The zero-order chi connectivity index (χ0) is 14.9. The summed E-state index contributed by atoms with van der Waals surface area (Å²) in [6.07, 6.45) is -2.37. The van der Waals surface area contributed by atoms with Crippen LogP contribution in [-0.4, -0.2) is 4.98 Å². The molecule has 0 aliphatic rings.